The van der Waals surface area contributed by atoms with E-state index in [2.05, 4.69) is 15.5 Å². The van der Waals surface area contributed by atoms with E-state index in [4.69, 9.17) is 11.0 Å². The molecule has 0 radical (unpaired) electrons. The molecular formula is C6H9N5. The van der Waals surface area contributed by atoms with E-state index in [1.54, 1.807) is 7.05 Å². The van der Waals surface area contributed by atoms with Crippen LogP contribution in [0.4, 0.5) is 5.82 Å². The Hall–Kier alpha value is -1.54. The summed E-state index contributed by atoms with van der Waals surface area (Å²) in [6, 6.07) is 1.97. The molecule has 0 fully saturated rings. The zero-order valence-corrected chi connectivity index (χ0v) is 6.18. The molecule has 1 heterocycles. The number of nitriles is 1. The molecule has 0 aliphatic heterocycles. The number of nitrogen functional groups attached to an aromatic ring is 1. The molecule has 0 saturated heterocycles. The van der Waals surface area contributed by atoms with Gasteiger partial charge in [0.05, 0.1) is 5.69 Å². The highest BCUT2D eigenvalue weighted by atomic mass is 15.2. The fourth-order valence-electron chi connectivity index (χ4n) is 0.824. The van der Waals surface area contributed by atoms with E-state index >= 15 is 0 Å². The average molecular weight is 151 g/mol. The molecule has 0 amide bonds. The van der Waals surface area contributed by atoms with Crippen LogP contribution in [-0.2, 0) is 6.54 Å². The van der Waals surface area contributed by atoms with Gasteiger partial charge < -0.3 is 11.1 Å². The molecule has 0 aliphatic rings. The Balaban J connectivity index is 2.98. The van der Waals surface area contributed by atoms with E-state index in [1.165, 1.54) is 0 Å². The predicted octanol–water partition coefficient (Wildman–Crippen LogP) is -0.417. The van der Waals surface area contributed by atoms with Crippen LogP contribution in [0, 0.1) is 11.3 Å². The van der Waals surface area contributed by atoms with Crippen LogP contribution in [-0.4, -0.2) is 17.2 Å². The summed E-state index contributed by atoms with van der Waals surface area (Å²) in [6.07, 6.45) is 0. The Labute approximate surface area is 64.2 Å². The number of H-pyrrole nitrogens is 1. The van der Waals surface area contributed by atoms with Crippen LogP contribution in [0.2, 0.25) is 0 Å². The third-order valence-electron chi connectivity index (χ3n) is 1.33. The third-order valence-corrected chi connectivity index (χ3v) is 1.33. The topological polar surface area (TPSA) is 90.5 Å². The minimum absolute atomic E-state index is 0.262. The minimum Gasteiger partial charge on any atom is -0.381 e. The van der Waals surface area contributed by atoms with E-state index in [0.717, 1.165) is 5.69 Å². The Morgan fingerprint density at radius 1 is 1.82 bits per heavy atom. The molecule has 0 saturated carbocycles. The van der Waals surface area contributed by atoms with E-state index in [9.17, 15) is 0 Å². The summed E-state index contributed by atoms with van der Waals surface area (Å²) in [7, 11) is 1.79. The van der Waals surface area contributed by atoms with Crippen molar-refractivity contribution < 1.29 is 0 Å². The van der Waals surface area contributed by atoms with Crippen LogP contribution in [0.25, 0.3) is 0 Å². The van der Waals surface area contributed by atoms with Gasteiger partial charge in [0.15, 0.2) is 5.82 Å². The molecular weight excluding hydrogens is 142 g/mol. The molecule has 0 unspecified atom stereocenters. The first kappa shape index (κ1) is 7.57. The van der Waals surface area contributed by atoms with Gasteiger partial charge in [-0.15, -0.1) is 0 Å². The number of aromatic amines is 1. The predicted molar refractivity (Wildman–Crippen MR) is 40.5 cm³/mol. The molecule has 5 heteroatoms. The van der Waals surface area contributed by atoms with Crippen molar-refractivity contribution in [2.45, 2.75) is 6.54 Å². The van der Waals surface area contributed by atoms with Crippen LogP contribution in [0.15, 0.2) is 0 Å². The highest BCUT2D eigenvalue weighted by Crippen LogP contribution is 2.10. The highest BCUT2D eigenvalue weighted by molar-refractivity contribution is 5.50. The summed E-state index contributed by atoms with van der Waals surface area (Å²) in [5.74, 6) is 0.262. The lowest BCUT2D eigenvalue weighted by Gasteiger charge is -1.93. The Morgan fingerprint density at radius 3 is 3.09 bits per heavy atom. The van der Waals surface area contributed by atoms with Crippen molar-refractivity contribution >= 4 is 5.82 Å². The zero-order chi connectivity index (χ0) is 8.27. The van der Waals surface area contributed by atoms with Crippen molar-refractivity contribution in [1.82, 2.24) is 15.5 Å². The number of aromatic nitrogens is 2. The second kappa shape index (κ2) is 3.03. The standard InChI is InChI=1S/C6H9N5/c1-9-3-5-4(2-7)6(8)11-10-5/h9H,3H2,1H3,(H3,8,10,11). The van der Waals surface area contributed by atoms with Crippen molar-refractivity contribution in [2.75, 3.05) is 12.8 Å². The zero-order valence-electron chi connectivity index (χ0n) is 6.18. The Kier molecular flexibility index (Phi) is 2.09. The number of nitrogens with one attached hydrogen (secondary N) is 2. The van der Waals surface area contributed by atoms with Crippen molar-refractivity contribution in [1.29, 1.82) is 5.26 Å². The fraction of sp³-hybridized carbons (Fsp3) is 0.333. The summed E-state index contributed by atoms with van der Waals surface area (Å²) >= 11 is 0. The number of anilines is 1. The van der Waals surface area contributed by atoms with Crippen molar-refractivity contribution in [3.05, 3.63) is 11.3 Å². The Bertz CT molecular complexity index is 282. The SMILES string of the molecule is CNCc1[nH]nc(N)c1C#N. The lowest BCUT2D eigenvalue weighted by atomic mass is 10.2. The molecule has 11 heavy (non-hydrogen) atoms. The summed E-state index contributed by atoms with van der Waals surface area (Å²) in [6.45, 7) is 0.576. The molecule has 0 bridgehead atoms. The maximum Gasteiger partial charge on any atom is 0.163 e. The minimum atomic E-state index is 0.262. The summed E-state index contributed by atoms with van der Waals surface area (Å²) in [5, 5.41) is 17.9. The van der Waals surface area contributed by atoms with Gasteiger partial charge in [-0.3, -0.25) is 5.10 Å². The van der Waals surface area contributed by atoms with Crippen LogP contribution in [0.1, 0.15) is 11.3 Å². The van der Waals surface area contributed by atoms with Crippen molar-refractivity contribution in [2.24, 2.45) is 0 Å². The van der Waals surface area contributed by atoms with Gasteiger partial charge in [-0.25, -0.2) is 0 Å². The van der Waals surface area contributed by atoms with E-state index in [1.807, 2.05) is 6.07 Å². The lowest BCUT2D eigenvalue weighted by Crippen LogP contribution is -2.06. The molecule has 1 aromatic rings. The smallest absolute Gasteiger partial charge is 0.163 e. The number of hydrogen-bond acceptors (Lipinski definition) is 4. The maximum atomic E-state index is 8.60. The first-order chi connectivity index (χ1) is 5.29. The maximum absolute atomic E-state index is 8.60. The number of rotatable bonds is 2. The third kappa shape index (κ3) is 1.30. The van der Waals surface area contributed by atoms with E-state index in [0.29, 0.717) is 12.1 Å². The molecule has 4 N–H and O–H groups in total. The van der Waals surface area contributed by atoms with Gasteiger partial charge >= 0.3 is 0 Å². The molecule has 0 aromatic carbocycles. The second-order valence-corrected chi connectivity index (χ2v) is 2.10. The normalized spacial score (nSPS) is 9.45. The van der Waals surface area contributed by atoms with Gasteiger partial charge in [0.25, 0.3) is 0 Å². The molecule has 0 spiro atoms. The Morgan fingerprint density at radius 2 is 2.55 bits per heavy atom. The van der Waals surface area contributed by atoms with E-state index in [-0.39, 0.29) is 5.82 Å². The van der Waals surface area contributed by atoms with Crippen molar-refractivity contribution in [3.63, 3.8) is 0 Å². The van der Waals surface area contributed by atoms with Gasteiger partial charge in [0, 0.05) is 6.54 Å². The monoisotopic (exact) mass is 151 g/mol. The molecule has 0 aliphatic carbocycles. The van der Waals surface area contributed by atoms with E-state index < -0.39 is 0 Å². The molecule has 0 atom stereocenters. The summed E-state index contributed by atoms with van der Waals surface area (Å²) in [5.41, 5.74) is 6.55. The van der Waals surface area contributed by atoms with Gasteiger partial charge in [-0.1, -0.05) is 0 Å². The highest BCUT2D eigenvalue weighted by Gasteiger charge is 2.07. The number of nitrogens with two attached hydrogens (primary N) is 1. The fourth-order valence-corrected chi connectivity index (χ4v) is 0.824. The molecule has 1 aromatic heterocycles. The van der Waals surface area contributed by atoms with Crippen molar-refractivity contribution in [3.8, 4) is 6.07 Å². The number of nitrogens with zero attached hydrogens (tertiary/aromatic N) is 2. The molecule has 1 rings (SSSR count). The first-order valence-electron chi connectivity index (χ1n) is 3.17. The second-order valence-electron chi connectivity index (χ2n) is 2.10. The largest absolute Gasteiger partial charge is 0.381 e. The van der Waals surface area contributed by atoms with Gasteiger partial charge in [-0.2, -0.15) is 10.4 Å². The lowest BCUT2D eigenvalue weighted by molar-refractivity contribution is 0.782. The van der Waals surface area contributed by atoms with Crippen LogP contribution in [0.3, 0.4) is 0 Å². The van der Waals surface area contributed by atoms with Gasteiger partial charge in [-0.05, 0) is 7.05 Å². The van der Waals surface area contributed by atoms with Gasteiger partial charge in [0.2, 0.25) is 0 Å². The molecule has 58 valence electrons. The van der Waals surface area contributed by atoms with Crippen LogP contribution < -0.4 is 11.1 Å². The molecule has 5 nitrogen and oxygen atoms in total. The summed E-state index contributed by atoms with van der Waals surface area (Å²) < 4.78 is 0. The number of hydrogen-bond donors (Lipinski definition) is 3. The first-order valence-corrected chi connectivity index (χ1v) is 3.17. The average Bonchev–Trinajstić information content (AvgIpc) is 2.33. The van der Waals surface area contributed by atoms with Crippen LogP contribution in [0.5, 0.6) is 0 Å². The quantitative estimate of drug-likeness (QED) is 0.535. The summed E-state index contributed by atoms with van der Waals surface area (Å²) in [4.78, 5) is 0. The van der Waals surface area contributed by atoms with Crippen LogP contribution >= 0.6 is 0 Å². The van der Waals surface area contributed by atoms with Gasteiger partial charge in [0.1, 0.15) is 11.6 Å².